The van der Waals surface area contributed by atoms with E-state index in [0.717, 1.165) is 11.3 Å². The number of amides is 2. The van der Waals surface area contributed by atoms with Crippen LogP contribution in [0.5, 0.6) is 0 Å². The molecule has 0 radical (unpaired) electrons. The minimum absolute atomic E-state index is 0.0771. The van der Waals surface area contributed by atoms with Gasteiger partial charge in [0.25, 0.3) is 0 Å². The SMILES string of the molecule is CC1=C(C(=O)OCCOC(C)C)C(c2ccc(N(C)C)cc2)NC(=O)N1. The number of ether oxygens (including phenoxy) is 2. The standard InChI is InChI=1S/C19H27N3O4/c1-12(2)25-10-11-26-18(23)16-13(3)20-19(24)21-17(16)14-6-8-15(9-7-14)22(4)5/h6-9,12,17H,10-11H2,1-5H3,(H2,20,21,24). The van der Waals surface area contributed by atoms with Crippen molar-refractivity contribution < 1.29 is 19.1 Å². The molecular weight excluding hydrogens is 334 g/mol. The van der Waals surface area contributed by atoms with Crippen molar-refractivity contribution >= 4 is 17.7 Å². The van der Waals surface area contributed by atoms with E-state index >= 15 is 0 Å². The van der Waals surface area contributed by atoms with E-state index in [-0.39, 0.29) is 18.7 Å². The summed E-state index contributed by atoms with van der Waals surface area (Å²) in [6, 6.07) is 6.78. The molecule has 1 aliphatic heterocycles. The summed E-state index contributed by atoms with van der Waals surface area (Å²) in [7, 11) is 3.90. The fourth-order valence-corrected chi connectivity index (χ4v) is 2.68. The number of carbonyl (C=O) groups is 2. The number of rotatable bonds is 7. The molecule has 1 aromatic carbocycles. The highest BCUT2D eigenvalue weighted by Gasteiger charge is 2.32. The van der Waals surface area contributed by atoms with E-state index in [2.05, 4.69) is 10.6 Å². The average Bonchev–Trinajstić information content (AvgIpc) is 2.57. The average molecular weight is 361 g/mol. The number of anilines is 1. The molecule has 2 rings (SSSR count). The van der Waals surface area contributed by atoms with Crippen molar-refractivity contribution in [3.63, 3.8) is 0 Å². The molecule has 2 amide bonds. The van der Waals surface area contributed by atoms with Crippen LogP contribution in [0.1, 0.15) is 32.4 Å². The smallest absolute Gasteiger partial charge is 0.338 e. The molecule has 7 heteroatoms. The normalized spacial score (nSPS) is 17.0. The van der Waals surface area contributed by atoms with Gasteiger partial charge >= 0.3 is 12.0 Å². The van der Waals surface area contributed by atoms with E-state index in [1.54, 1.807) is 6.92 Å². The van der Waals surface area contributed by atoms with Gasteiger partial charge in [0.1, 0.15) is 6.61 Å². The van der Waals surface area contributed by atoms with Gasteiger partial charge in [-0.2, -0.15) is 0 Å². The topological polar surface area (TPSA) is 79.9 Å². The van der Waals surface area contributed by atoms with Gasteiger partial charge in [0.15, 0.2) is 0 Å². The Morgan fingerprint density at radius 1 is 1.19 bits per heavy atom. The summed E-state index contributed by atoms with van der Waals surface area (Å²) in [6.07, 6.45) is 0.0771. The first-order valence-corrected chi connectivity index (χ1v) is 8.64. The minimum Gasteiger partial charge on any atom is -0.460 e. The number of hydrogen-bond acceptors (Lipinski definition) is 5. The third kappa shape index (κ3) is 4.98. The monoisotopic (exact) mass is 361 g/mol. The molecule has 1 unspecified atom stereocenters. The number of benzene rings is 1. The van der Waals surface area contributed by atoms with Crippen LogP contribution in [-0.4, -0.2) is 45.4 Å². The maximum absolute atomic E-state index is 12.6. The van der Waals surface area contributed by atoms with Gasteiger partial charge in [-0.3, -0.25) is 0 Å². The van der Waals surface area contributed by atoms with Gasteiger partial charge in [-0.1, -0.05) is 12.1 Å². The first-order chi connectivity index (χ1) is 12.3. The number of esters is 1. The summed E-state index contributed by atoms with van der Waals surface area (Å²) >= 11 is 0. The number of allylic oxidation sites excluding steroid dienone is 1. The van der Waals surface area contributed by atoms with Gasteiger partial charge in [0.05, 0.1) is 24.3 Å². The Labute approximate surface area is 154 Å². The van der Waals surface area contributed by atoms with Crippen molar-refractivity contribution in [3.05, 3.63) is 41.1 Å². The van der Waals surface area contributed by atoms with Gasteiger partial charge in [0, 0.05) is 25.5 Å². The molecule has 0 saturated carbocycles. The highest BCUT2D eigenvalue weighted by atomic mass is 16.6. The molecule has 1 aliphatic rings. The molecule has 0 aromatic heterocycles. The Hall–Kier alpha value is -2.54. The third-order valence-corrected chi connectivity index (χ3v) is 4.00. The lowest BCUT2D eigenvalue weighted by Gasteiger charge is -2.28. The lowest BCUT2D eigenvalue weighted by atomic mass is 9.95. The molecule has 0 spiro atoms. The second-order valence-corrected chi connectivity index (χ2v) is 6.61. The lowest BCUT2D eigenvalue weighted by Crippen LogP contribution is -2.45. The highest BCUT2D eigenvalue weighted by Crippen LogP contribution is 2.28. The molecule has 142 valence electrons. The van der Waals surface area contributed by atoms with Crippen LogP contribution in [0.3, 0.4) is 0 Å². The predicted octanol–water partition coefficient (Wildman–Crippen LogP) is 2.35. The zero-order valence-corrected chi connectivity index (χ0v) is 16.0. The number of nitrogens with one attached hydrogen (secondary N) is 2. The van der Waals surface area contributed by atoms with Crippen molar-refractivity contribution in [3.8, 4) is 0 Å². The molecule has 1 aromatic rings. The number of hydrogen-bond donors (Lipinski definition) is 2. The van der Waals surface area contributed by atoms with Crippen LogP contribution < -0.4 is 15.5 Å². The lowest BCUT2D eigenvalue weighted by molar-refractivity contribution is -0.141. The summed E-state index contributed by atoms with van der Waals surface area (Å²) in [6.45, 7) is 6.03. The fourth-order valence-electron chi connectivity index (χ4n) is 2.68. The first kappa shape index (κ1) is 19.8. The molecule has 0 fully saturated rings. The number of urea groups is 1. The molecule has 7 nitrogen and oxygen atoms in total. The summed E-state index contributed by atoms with van der Waals surface area (Å²) in [4.78, 5) is 26.5. The quantitative estimate of drug-likeness (QED) is 0.576. The van der Waals surface area contributed by atoms with Gasteiger partial charge < -0.3 is 25.0 Å². The molecule has 1 heterocycles. The van der Waals surface area contributed by atoms with Gasteiger partial charge in [-0.05, 0) is 38.5 Å². The molecule has 0 saturated heterocycles. The Morgan fingerprint density at radius 2 is 1.85 bits per heavy atom. The largest absolute Gasteiger partial charge is 0.460 e. The van der Waals surface area contributed by atoms with Crippen LogP contribution in [0, 0.1) is 0 Å². The summed E-state index contributed by atoms with van der Waals surface area (Å²) in [5.74, 6) is -0.468. The molecule has 26 heavy (non-hydrogen) atoms. The molecular formula is C19H27N3O4. The van der Waals surface area contributed by atoms with Crippen LogP contribution in [0.25, 0.3) is 0 Å². The van der Waals surface area contributed by atoms with Crippen molar-refractivity contribution in [2.75, 3.05) is 32.2 Å². The van der Waals surface area contributed by atoms with E-state index < -0.39 is 12.0 Å². The van der Waals surface area contributed by atoms with Crippen LogP contribution >= 0.6 is 0 Å². The van der Waals surface area contributed by atoms with Crippen LogP contribution in [-0.2, 0) is 14.3 Å². The van der Waals surface area contributed by atoms with Crippen LogP contribution in [0.2, 0.25) is 0 Å². The van der Waals surface area contributed by atoms with Crippen molar-refractivity contribution in [1.82, 2.24) is 10.6 Å². The maximum atomic E-state index is 12.6. The predicted molar refractivity (Wildman–Crippen MR) is 99.9 cm³/mol. The Bertz CT molecular complexity index is 681. The minimum atomic E-state index is -0.557. The Morgan fingerprint density at radius 3 is 2.42 bits per heavy atom. The zero-order valence-electron chi connectivity index (χ0n) is 16.0. The Balaban J connectivity index is 2.18. The zero-order chi connectivity index (χ0) is 19.3. The third-order valence-electron chi connectivity index (χ3n) is 4.00. The molecule has 0 aliphatic carbocycles. The highest BCUT2D eigenvalue weighted by molar-refractivity contribution is 5.95. The second kappa shape index (κ2) is 8.71. The maximum Gasteiger partial charge on any atom is 0.338 e. The van der Waals surface area contributed by atoms with Crippen molar-refractivity contribution in [2.24, 2.45) is 0 Å². The van der Waals surface area contributed by atoms with Gasteiger partial charge in [0.2, 0.25) is 0 Å². The molecule has 0 bridgehead atoms. The fraction of sp³-hybridized carbons (Fsp3) is 0.474. The van der Waals surface area contributed by atoms with E-state index in [1.807, 2.05) is 57.1 Å². The van der Waals surface area contributed by atoms with E-state index in [9.17, 15) is 9.59 Å². The Kier molecular flexibility index (Phi) is 6.63. The molecule has 2 N–H and O–H groups in total. The summed E-state index contributed by atoms with van der Waals surface area (Å²) < 4.78 is 10.7. The van der Waals surface area contributed by atoms with Crippen molar-refractivity contribution in [1.29, 1.82) is 0 Å². The van der Waals surface area contributed by atoms with Crippen molar-refractivity contribution in [2.45, 2.75) is 32.9 Å². The molecule has 1 atom stereocenters. The van der Waals surface area contributed by atoms with Crippen LogP contribution in [0.15, 0.2) is 35.5 Å². The van der Waals surface area contributed by atoms with E-state index in [0.29, 0.717) is 17.9 Å². The number of carbonyl (C=O) groups excluding carboxylic acids is 2. The summed E-state index contributed by atoms with van der Waals surface area (Å²) in [5, 5.41) is 5.44. The first-order valence-electron chi connectivity index (χ1n) is 8.64. The second-order valence-electron chi connectivity index (χ2n) is 6.61. The van der Waals surface area contributed by atoms with Crippen LogP contribution in [0.4, 0.5) is 10.5 Å². The van der Waals surface area contributed by atoms with E-state index in [1.165, 1.54) is 0 Å². The van der Waals surface area contributed by atoms with Gasteiger partial charge in [-0.25, -0.2) is 9.59 Å². The number of nitrogens with zero attached hydrogens (tertiary/aromatic N) is 1. The van der Waals surface area contributed by atoms with Gasteiger partial charge in [-0.15, -0.1) is 0 Å². The van der Waals surface area contributed by atoms with E-state index in [4.69, 9.17) is 9.47 Å². The summed E-state index contributed by atoms with van der Waals surface area (Å²) in [5.41, 5.74) is 2.73.